The molecule has 0 aliphatic heterocycles. The molecule has 2 aromatic carbocycles. The Morgan fingerprint density at radius 1 is 1.11 bits per heavy atom. The number of benzene rings is 2. The summed E-state index contributed by atoms with van der Waals surface area (Å²) in [6, 6.07) is 12.3. The van der Waals surface area contributed by atoms with Gasteiger partial charge >= 0.3 is 11.8 Å². The first-order valence-corrected chi connectivity index (χ1v) is 7.99. The lowest BCUT2D eigenvalue weighted by Gasteiger charge is -2.13. The van der Waals surface area contributed by atoms with Crippen molar-refractivity contribution in [3.63, 3.8) is 0 Å². The molecular weight excluding hydrogens is 361 g/mol. The summed E-state index contributed by atoms with van der Waals surface area (Å²) in [4.78, 5) is 23.7. The van der Waals surface area contributed by atoms with Gasteiger partial charge in [0, 0.05) is 23.2 Å². The van der Waals surface area contributed by atoms with E-state index in [-0.39, 0.29) is 16.7 Å². The number of rotatable bonds is 4. The van der Waals surface area contributed by atoms with E-state index in [4.69, 9.17) is 10.2 Å². The van der Waals surface area contributed by atoms with Gasteiger partial charge in [0.25, 0.3) is 0 Å². The number of hydrogen-bond donors (Lipinski definition) is 2. The second-order valence-electron chi connectivity index (χ2n) is 5.97. The molecule has 0 fully saturated rings. The summed E-state index contributed by atoms with van der Waals surface area (Å²) in [6.07, 6.45) is -4.40. The lowest BCUT2D eigenvalue weighted by atomic mass is 10.1. The fourth-order valence-electron chi connectivity index (χ4n) is 2.67. The number of nitrogens with one attached hydrogen (secondary N) is 1. The van der Waals surface area contributed by atoms with E-state index in [0.717, 1.165) is 11.6 Å². The predicted octanol–water partition coefficient (Wildman–Crippen LogP) is 3.32. The van der Waals surface area contributed by atoms with Gasteiger partial charge in [-0.3, -0.25) is 4.79 Å². The maximum atomic E-state index is 13.1. The van der Waals surface area contributed by atoms with Crippen molar-refractivity contribution >= 4 is 22.6 Å². The minimum atomic E-state index is -4.70. The number of carbonyl (C=O) groups is 1. The Morgan fingerprint density at radius 3 is 2.48 bits per heavy atom. The molecule has 3 rings (SSSR count). The van der Waals surface area contributed by atoms with Crippen LogP contribution >= 0.6 is 0 Å². The van der Waals surface area contributed by atoms with Crippen LogP contribution in [0, 0.1) is 0 Å². The van der Waals surface area contributed by atoms with Gasteiger partial charge in [0.05, 0.1) is 11.6 Å². The molecule has 0 spiro atoms. The molecule has 3 aromatic rings. The summed E-state index contributed by atoms with van der Waals surface area (Å²) in [5.41, 5.74) is 4.44. The fraction of sp³-hybridized carbons (Fsp3) is 0.158. The standard InChI is InChI=1S/C19H15F3N2O3/c20-19(21,22)14-10-17(25)27-16-9-12(6-7-13(14)16)24-18(26)15(23)8-11-4-2-1-3-5-11/h1-7,9-10,15H,8,23H2,(H,24,26)/t15-/m0/s1. The molecule has 1 atom stereocenters. The highest BCUT2D eigenvalue weighted by atomic mass is 19.4. The van der Waals surface area contributed by atoms with E-state index >= 15 is 0 Å². The van der Waals surface area contributed by atoms with Crippen molar-refractivity contribution in [1.82, 2.24) is 0 Å². The van der Waals surface area contributed by atoms with Gasteiger partial charge in [0.15, 0.2) is 0 Å². The van der Waals surface area contributed by atoms with E-state index in [1.165, 1.54) is 12.1 Å². The van der Waals surface area contributed by atoms with Gasteiger partial charge in [-0.25, -0.2) is 4.79 Å². The van der Waals surface area contributed by atoms with Crippen LogP contribution < -0.4 is 16.7 Å². The van der Waals surface area contributed by atoms with E-state index in [9.17, 15) is 22.8 Å². The topological polar surface area (TPSA) is 85.3 Å². The zero-order valence-electron chi connectivity index (χ0n) is 13.9. The summed E-state index contributed by atoms with van der Waals surface area (Å²) in [6.45, 7) is 0. The van der Waals surface area contributed by atoms with Gasteiger partial charge in [-0.1, -0.05) is 30.3 Å². The molecule has 3 N–H and O–H groups in total. The van der Waals surface area contributed by atoms with Crippen LogP contribution in [0.25, 0.3) is 11.0 Å². The van der Waals surface area contributed by atoms with Gasteiger partial charge in [-0.05, 0) is 24.1 Å². The number of anilines is 1. The molecular formula is C19H15F3N2O3. The summed E-state index contributed by atoms with van der Waals surface area (Å²) >= 11 is 0. The van der Waals surface area contributed by atoms with Crippen LogP contribution in [-0.2, 0) is 17.4 Å². The molecule has 1 amide bonds. The number of amides is 1. The summed E-state index contributed by atoms with van der Waals surface area (Å²) in [7, 11) is 0. The lowest BCUT2D eigenvalue weighted by Crippen LogP contribution is -2.37. The Kier molecular flexibility index (Phi) is 5.00. The van der Waals surface area contributed by atoms with Crippen molar-refractivity contribution in [3.8, 4) is 0 Å². The third-order valence-electron chi connectivity index (χ3n) is 3.95. The van der Waals surface area contributed by atoms with Gasteiger partial charge in [0.2, 0.25) is 5.91 Å². The fourth-order valence-corrected chi connectivity index (χ4v) is 2.67. The average molecular weight is 376 g/mol. The molecule has 0 bridgehead atoms. The first-order valence-electron chi connectivity index (χ1n) is 7.99. The highest BCUT2D eigenvalue weighted by Crippen LogP contribution is 2.34. The van der Waals surface area contributed by atoms with Crippen LogP contribution in [0.3, 0.4) is 0 Å². The van der Waals surface area contributed by atoms with Crippen LogP contribution in [0.1, 0.15) is 11.1 Å². The molecule has 8 heteroatoms. The Labute approximate surface area is 151 Å². The Morgan fingerprint density at radius 2 is 1.81 bits per heavy atom. The minimum absolute atomic E-state index is 0.179. The highest BCUT2D eigenvalue weighted by molar-refractivity contribution is 5.96. The van der Waals surface area contributed by atoms with E-state index in [2.05, 4.69) is 5.32 Å². The Bertz CT molecular complexity index is 1030. The molecule has 5 nitrogen and oxygen atoms in total. The molecule has 0 radical (unpaired) electrons. The van der Waals surface area contributed by atoms with Gasteiger partial charge in [-0.2, -0.15) is 13.2 Å². The third-order valence-corrected chi connectivity index (χ3v) is 3.95. The second kappa shape index (κ2) is 7.24. The maximum absolute atomic E-state index is 13.1. The number of carbonyl (C=O) groups excluding carboxylic acids is 1. The monoisotopic (exact) mass is 376 g/mol. The summed E-state index contributed by atoms with van der Waals surface area (Å²) in [5.74, 6) is -0.507. The smallest absolute Gasteiger partial charge is 0.417 e. The van der Waals surface area contributed by atoms with E-state index in [0.29, 0.717) is 12.5 Å². The Balaban J connectivity index is 1.83. The predicted molar refractivity (Wildman–Crippen MR) is 94.2 cm³/mol. The number of halogens is 3. The molecule has 0 aliphatic rings. The van der Waals surface area contributed by atoms with Crippen LogP contribution in [0.15, 0.2) is 63.8 Å². The number of fused-ring (bicyclic) bond motifs is 1. The molecule has 0 saturated heterocycles. The zero-order valence-corrected chi connectivity index (χ0v) is 13.9. The number of nitrogens with two attached hydrogens (primary N) is 1. The molecule has 0 aliphatic carbocycles. The van der Waals surface area contributed by atoms with Crippen LogP contribution in [0.4, 0.5) is 18.9 Å². The minimum Gasteiger partial charge on any atom is -0.423 e. The van der Waals surface area contributed by atoms with E-state index in [1.54, 1.807) is 0 Å². The second-order valence-corrected chi connectivity index (χ2v) is 5.97. The first kappa shape index (κ1) is 18.7. The van der Waals surface area contributed by atoms with Crippen molar-refractivity contribution in [2.24, 2.45) is 5.73 Å². The molecule has 27 heavy (non-hydrogen) atoms. The maximum Gasteiger partial charge on any atom is 0.417 e. The Hall–Kier alpha value is -3.13. The van der Waals surface area contributed by atoms with Crippen LogP contribution in [0.2, 0.25) is 0 Å². The SMILES string of the molecule is N[C@@H](Cc1ccccc1)C(=O)Nc1ccc2c(C(F)(F)F)cc(=O)oc2c1. The normalized spacial score (nSPS) is 12.7. The van der Waals surface area contributed by atoms with Crippen molar-refractivity contribution in [2.75, 3.05) is 5.32 Å². The quantitative estimate of drug-likeness (QED) is 0.684. The largest absolute Gasteiger partial charge is 0.423 e. The van der Waals surface area contributed by atoms with Crippen molar-refractivity contribution in [3.05, 3.63) is 76.1 Å². The van der Waals surface area contributed by atoms with Gasteiger partial charge in [-0.15, -0.1) is 0 Å². The molecule has 1 aromatic heterocycles. The number of alkyl halides is 3. The zero-order chi connectivity index (χ0) is 19.6. The average Bonchev–Trinajstić information content (AvgIpc) is 2.60. The number of hydrogen-bond acceptors (Lipinski definition) is 4. The van der Waals surface area contributed by atoms with E-state index in [1.807, 2.05) is 30.3 Å². The highest BCUT2D eigenvalue weighted by Gasteiger charge is 2.33. The van der Waals surface area contributed by atoms with Crippen LogP contribution in [-0.4, -0.2) is 11.9 Å². The molecule has 140 valence electrons. The van der Waals surface area contributed by atoms with Crippen molar-refractivity contribution in [2.45, 2.75) is 18.6 Å². The molecule has 0 unspecified atom stereocenters. The van der Waals surface area contributed by atoms with Gasteiger partial charge in [0.1, 0.15) is 5.58 Å². The first-order chi connectivity index (χ1) is 12.7. The van der Waals surface area contributed by atoms with Crippen LogP contribution in [0.5, 0.6) is 0 Å². The summed E-state index contributed by atoms with van der Waals surface area (Å²) < 4.78 is 44.0. The van der Waals surface area contributed by atoms with Crippen molar-refractivity contribution in [1.29, 1.82) is 0 Å². The van der Waals surface area contributed by atoms with Crippen molar-refractivity contribution < 1.29 is 22.4 Å². The van der Waals surface area contributed by atoms with Gasteiger partial charge < -0.3 is 15.5 Å². The third kappa shape index (κ3) is 4.35. The van der Waals surface area contributed by atoms with E-state index < -0.39 is 29.3 Å². The molecule has 1 heterocycles. The lowest BCUT2D eigenvalue weighted by molar-refractivity contribution is -0.136. The molecule has 0 saturated carbocycles. The summed E-state index contributed by atoms with van der Waals surface area (Å²) in [5, 5.41) is 2.25.